The molecule has 6 rings (SSSR count). The molecule has 0 unspecified atom stereocenters. The number of nitrogens with one attached hydrogen (secondary N) is 1. The standard InChI is InChI=1S/C27H34N2O5S/c1-33-23-8-9-24(25(13-23)34-2)29(35(3,31)32)17-26(30)28-22-6-4-21(5-7-22)27-14-18-10-19(15-27)12-20(11-18)16-27/h4-9,13,18-20H,10-12,14-17H2,1-3H3,(H,28,30). The summed E-state index contributed by atoms with van der Waals surface area (Å²) < 4.78 is 36.7. The van der Waals surface area contributed by atoms with Gasteiger partial charge in [0, 0.05) is 11.8 Å². The summed E-state index contributed by atoms with van der Waals surface area (Å²) in [6.07, 6.45) is 9.16. The molecular weight excluding hydrogens is 464 g/mol. The maximum Gasteiger partial charge on any atom is 0.245 e. The summed E-state index contributed by atoms with van der Waals surface area (Å²) in [5.74, 6) is 3.04. The van der Waals surface area contributed by atoms with Crippen molar-refractivity contribution in [2.24, 2.45) is 17.8 Å². The molecule has 1 amide bonds. The SMILES string of the molecule is COc1ccc(N(CC(=O)Nc2ccc(C34CC5CC(CC(C5)C3)C4)cc2)S(C)(=O)=O)c(OC)c1. The number of rotatable bonds is 8. The average molecular weight is 499 g/mol. The van der Waals surface area contributed by atoms with Gasteiger partial charge < -0.3 is 14.8 Å². The highest BCUT2D eigenvalue weighted by Crippen LogP contribution is 2.60. The van der Waals surface area contributed by atoms with Crippen LogP contribution in [-0.2, 0) is 20.2 Å². The quantitative estimate of drug-likeness (QED) is 0.576. The van der Waals surface area contributed by atoms with Crippen molar-refractivity contribution in [2.75, 3.05) is 36.6 Å². The van der Waals surface area contributed by atoms with Gasteiger partial charge in [0.2, 0.25) is 15.9 Å². The third-order valence-corrected chi connectivity index (χ3v) is 9.29. The highest BCUT2D eigenvalue weighted by Gasteiger charge is 2.51. The van der Waals surface area contributed by atoms with Gasteiger partial charge in [0.1, 0.15) is 18.0 Å². The van der Waals surface area contributed by atoms with E-state index >= 15 is 0 Å². The van der Waals surface area contributed by atoms with Gasteiger partial charge in [-0.15, -0.1) is 0 Å². The highest BCUT2D eigenvalue weighted by atomic mass is 32.2. The molecule has 0 aromatic heterocycles. The molecule has 4 aliphatic carbocycles. The van der Waals surface area contributed by atoms with E-state index in [1.807, 2.05) is 12.1 Å². The highest BCUT2D eigenvalue weighted by molar-refractivity contribution is 7.92. The van der Waals surface area contributed by atoms with Gasteiger partial charge in [0.15, 0.2) is 0 Å². The van der Waals surface area contributed by atoms with E-state index < -0.39 is 15.9 Å². The molecule has 2 aromatic rings. The molecule has 0 spiro atoms. The Hall–Kier alpha value is -2.74. The zero-order valence-electron chi connectivity index (χ0n) is 20.6. The lowest BCUT2D eigenvalue weighted by Crippen LogP contribution is -2.48. The lowest BCUT2D eigenvalue weighted by atomic mass is 9.48. The van der Waals surface area contributed by atoms with Crippen molar-refractivity contribution in [2.45, 2.75) is 43.9 Å². The molecule has 1 N–H and O–H groups in total. The van der Waals surface area contributed by atoms with Crippen LogP contribution in [0, 0.1) is 17.8 Å². The maximum absolute atomic E-state index is 12.9. The Bertz CT molecular complexity index is 1170. The van der Waals surface area contributed by atoms with Gasteiger partial charge >= 0.3 is 0 Å². The smallest absolute Gasteiger partial charge is 0.245 e. The molecule has 188 valence electrons. The van der Waals surface area contributed by atoms with Crippen LogP contribution >= 0.6 is 0 Å². The summed E-state index contributed by atoms with van der Waals surface area (Å²) in [6, 6.07) is 13.0. The normalized spacial score (nSPS) is 26.9. The molecule has 4 bridgehead atoms. The van der Waals surface area contributed by atoms with Crippen molar-refractivity contribution in [3.8, 4) is 11.5 Å². The van der Waals surface area contributed by atoms with Crippen molar-refractivity contribution >= 4 is 27.3 Å². The number of hydrogen-bond acceptors (Lipinski definition) is 5. The van der Waals surface area contributed by atoms with Crippen LogP contribution in [-0.4, -0.2) is 41.3 Å². The second-order valence-electron chi connectivity index (χ2n) is 10.6. The van der Waals surface area contributed by atoms with E-state index in [0.29, 0.717) is 22.6 Å². The number of methoxy groups -OCH3 is 2. The molecule has 4 aliphatic rings. The summed E-state index contributed by atoms with van der Waals surface area (Å²) >= 11 is 0. The Labute approximate surface area is 207 Å². The third-order valence-electron chi connectivity index (χ3n) is 8.16. The largest absolute Gasteiger partial charge is 0.497 e. The third kappa shape index (κ3) is 4.73. The van der Waals surface area contributed by atoms with Gasteiger partial charge in [0.25, 0.3) is 0 Å². The van der Waals surface area contributed by atoms with Gasteiger partial charge in [-0.05, 0) is 91.5 Å². The Kier molecular flexibility index (Phi) is 6.20. The number of ether oxygens (including phenoxy) is 2. The molecule has 0 saturated heterocycles. The fourth-order valence-corrected chi connectivity index (χ4v) is 7.93. The van der Waals surface area contributed by atoms with Crippen LogP contribution < -0.4 is 19.1 Å². The number of benzene rings is 2. The summed E-state index contributed by atoms with van der Waals surface area (Å²) in [6.45, 7) is -0.363. The van der Waals surface area contributed by atoms with Crippen LogP contribution in [0.3, 0.4) is 0 Å². The van der Waals surface area contributed by atoms with E-state index in [0.717, 1.165) is 28.3 Å². The minimum absolute atomic E-state index is 0.281. The van der Waals surface area contributed by atoms with Crippen LogP contribution in [0.25, 0.3) is 0 Å². The maximum atomic E-state index is 12.9. The van der Waals surface area contributed by atoms with E-state index in [2.05, 4.69) is 17.4 Å². The Morgan fingerprint density at radius 3 is 2.09 bits per heavy atom. The second kappa shape index (κ2) is 9.04. The molecule has 0 atom stereocenters. The molecule has 7 nitrogen and oxygen atoms in total. The number of sulfonamides is 1. The summed E-state index contributed by atoms with van der Waals surface area (Å²) in [5.41, 5.74) is 2.63. The first-order valence-corrected chi connectivity index (χ1v) is 14.1. The molecular formula is C27H34N2O5S. The van der Waals surface area contributed by atoms with Crippen LogP contribution in [0.15, 0.2) is 42.5 Å². The van der Waals surface area contributed by atoms with Crippen molar-refractivity contribution in [1.29, 1.82) is 0 Å². The first-order valence-electron chi connectivity index (χ1n) is 12.3. The zero-order chi connectivity index (χ0) is 24.8. The number of nitrogens with zero attached hydrogens (tertiary/aromatic N) is 1. The van der Waals surface area contributed by atoms with Gasteiger partial charge in [-0.25, -0.2) is 8.42 Å². The number of amides is 1. The average Bonchev–Trinajstić information content (AvgIpc) is 2.81. The Morgan fingerprint density at radius 2 is 1.57 bits per heavy atom. The number of anilines is 2. The zero-order valence-corrected chi connectivity index (χ0v) is 21.4. The fraction of sp³-hybridized carbons (Fsp3) is 0.519. The molecule has 4 fully saturated rings. The number of hydrogen-bond donors (Lipinski definition) is 1. The molecule has 0 aliphatic heterocycles. The van der Waals surface area contributed by atoms with E-state index in [1.54, 1.807) is 18.2 Å². The van der Waals surface area contributed by atoms with E-state index in [9.17, 15) is 13.2 Å². The van der Waals surface area contributed by atoms with E-state index in [-0.39, 0.29) is 12.2 Å². The van der Waals surface area contributed by atoms with Crippen molar-refractivity contribution in [3.05, 3.63) is 48.0 Å². The minimum Gasteiger partial charge on any atom is -0.497 e. The van der Waals surface area contributed by atoms with Crippen molar-refractivity contribution in [1.82, 2.24) is 0 Å². The lowest BCUT2D eigenvalue weighted by Gasteiger charge is -2.57. The van der Waals surface area contributed by atoms with E-state index in [4.69, 9.17) is 9.47 Å². The van der Waals surface area contributed by atoms with Crippen LogP contribution in [0.5, 0.6) is 11.5 Å². The predicted octanol–water partition coefficient (Wildman–Crippen LogP) is 4.58. The topological polar surface area (TPSA) is 84.9 Å². The number of carbonyl (C=O) groups is 1. The monoisotopic (exact) mass is 498 g/mol. The van der Waals surface area contributed by atoms with Gasteiger partial charge in [0.05, 0.1) is 26.2 Å². The molecule has 2 aromatic carbocycles. The molecule has 8 heteroatoms. The van der Waals surface area contributed by atoms with Crippen molar-refractivity contribution < 1.29 is 22.7 Å². The Balaban J connectivity index is 1.30. The summed E-state index contributed by atoms with van der Waals surface area (Å²) in [7, 11) is -0.771. The minimum atomic E-state index is -3.74. The van der Waals surface area contributed by atoms with Crippen LogP contribution in [0.1, 0.15) is 44.1 Å². The van der Waals surface area contributed by atoms with Gasteiger partial charge in [-0.2, -0.15) is 0 Å². The predicted molar refractivity (Wildman–Crippen MR) is 137 cm³/mol. The van der Waals surface area contributed by atoms with Gasteiger partial charge in [-0.1, -0.05) is 12.1 Å². The molecule has 4 saturated carbocycles. The van der Waals surface area contributed by atoms with Crippen LogP contribution in [0.2, 0.25) is 0 Å². The first-order chi connectivity index (χ1) is 16.7. The van der Waals surface area contributed by atoms with Crippen molar-refractivity contribution in [3.63, 3.8) is 0 Å². The fourth-order valence-electron chi connectivity index (χ4n) is 7.07. The van der Waals surface area contributed by atoms with Crippen LogP contribution in [0.4, 0.5) is 11.4 Å². The lowest BCUT2D eigenvalue weighted by molar-refractivity contribution is -0.114. The molecule has 0 radical (unpaired) electrons. The van der Waals surface area contributed by atoms with E-state index in [1.165, 1.54) is 58.3 Å². The molecule has 35 heavy (non-hydrogen) atoms. The summed E-state index contributed by atoms with van der Waals surface area (Å²) in [5, 5.41) is 2.86. The number of carbonyl (C=O) groups excluding carboxylic acids is 1. The Morgan fingerprint density at radius 1 is 0.971 bits per heavy atom. The van der Waals surface area contributed by atoms with Gasteiger partial charge in [-0.3, -0.25) is 9.10 Å². The molecule has 0 heterocycles. The summed E-state index contributed by atoms with van der Waals surface area (Å²) in [4.78, 5) is 12.9. The first kappa shape index (κ1) is 24.0. The second-order valence-corrected chi connectivity index (χ2v) is 12.5.